The Balaban J connectivity index is 1.95. The summed E-state index contributed by atoms with van der Waals surface area (Å²) in [4.78, 5) is 22.2. The second-order valence-corrected chi connectivity index (χ2v) is 5.09. The zero-order valence-corrected chi connectivity index (χ0v) is 12.2. The number of nitro benzene ring substituents is 1. The van der Waals surface area contributed by atoms with Crippen LogP contribution in [0.3, 0.4) is 0 Å². The zero-order valence-electron chi connectivity index (χ0n) is 12.2. The molecular formula is C16H17N3O3. The summed E-state index contributed by atoms with van der Waals surface area (Å²) in [6.45, 7) is 1.96. The van der Waals surface area contributed by atoms with Gasteiger partial charge in [0.05, 0.1) is 11.0 Å². The fourth-order valence-electron chi connectivity index (χ4n) is 1.97. The van der Waals surface area contributed by atoms with Crippen LogP contribution < -0.4 is 11.1 Å². The summed E-state index contributed by atoms with van der Waals surface area (Å²) < 4.78 is 0. The molecule has 0 saturated carbocycles. The molecule has 22 heavy (non-hydrogen) atoms. The highest BCUT2D eigenvalue weighted by Crippen LogP contribution is 2.14. The van der Waals surface area contributed by atoms with Gasteiger partial charge < -0.3 is 11.1 Å². The standard InChI is InChI=1S/C16H17N3O3/c1-11-2-6-13(7-3-11)18-16(20)15(17)10-12-4-8-14(9-5-12)19(21)22/h2-9,15H,10,17H2,1H3,(H,18,20)/t15-/m1/s1. The van der Waals surface area contributed by atoms with Crippen LogP contribution in [0.4, 0.5) is 11.4 Å². The van der Waals surface area contributed by atoms with Gasteiger partial charge in [-0.2, -0.15) is 0 Å². The molecule has 0 saturated heterocycles. The first-order valence-corrected chi connectivity index (χ1v) is 6.82. The lowest BCUT2D eigenvalue weighted by Crippen LogP contribution is -2.37. The average molecular weight is 299 g/mol. The second-order valence-electron chi connectivity index (χ2n) is 5.09. The number of nitro groups is 1. The highest BCUT2D eigenvalue weighted by Gasteiger charge is 2.15. The average Bonchev–Trinajstić information content (AvgIpc) is 2.50. The molecule has 0 spiro atoms. The van der Waals surface area contributed by atoms with E-state index in [1.807, 2.05) is 31.2 Å². The lowest BCUT2D eigenvalue weighted by atomic mass is 10.1. The van der Waals surface area contributed by atoms with Crippen molar-refractivity contribution in [2.75, 3.05) is 5.32 Å². The van der Waals surface area contributed by atoms with Gasteiger partial charge in [0.1, 0.15) is 0 Å². The molecule has 0 bridgehead atoms. The van der Waals surface area contributed by atoms with Crippen molar-refractivity contribution in [2.24, 2.45) is 5.73 Å². The van der Waals surface area contributed by atoms with E-state index in [9.17, 15) is 14.9 Å². The highest BCUT2D eigenvalue weighted by atomic mass is 16.6. The molecule has 0 aliphatic carbocycles. The number of amides is 1. The largest absolute Gasteiger partial charge is 0.325 e. The third-order valence-corrected chi connectivity index (χ3v) is 3.26. The number of nitrogens with one attached hydrogen (secondary N) is 1. The quantitative estimate of drug-likeness (QED) is 0.654. The lowest BCUT2D eigenvalue weighted by Gasteiger charge is -2.12. The maximum atomic E-state index is 12.0. The fraction of sp³-hybridized carbons (Fsp3) is 0.188. The van der Waals surface area contributed by atoms with Crippen molar-refractivity contribution in [1.29, 1.82) is 0 Å². The normalized spacial score (nSPS) is 11.7. The number of carbonyl (C=O) groups is 1. The van der Waals surface area contributed by atoms with Crippen molar-refractivity contribution in [3.8, 4) is 0 Å². The smallest absolute Gasteiger partial charge is 0.269 e. The van der Waals surface area contributed by atoms with Crippen LogP contribution in [0.5, 0.6) is 0 Å². The van der Waals surface area contributed by atoms with Crippen molar-refractivity contribution >= 4 is 17.3 Å². The first-order valence-electron chi connectivity index (χ1n) is 6.82. The number of hydrogen-bond acceptors (Lipinski definition) is 4. The summed E-state index contributed by atoms with van der Waals surface area (Å²) in [5.74, 6) is -0.290. The van der Waals surface area contributed by atoms with E-state index in [1.54, 1.807) is 12.1 Å². The van der Waals surface area contributed by atoms with Gasteiger partial charge >= 0.3 is 0 Å². The van der Waals surface area contributed by atoms with Crippen LogP contribution in [-0.4, -0.2) is 16.9 Å². The number of carbonyl (C=O) groups excluding carboxylic acids is 1. The molecule has 3 N–H and O–H groups in total. The van der Waals surface area contributed by atoms with E-state index >= 15 is 0 Å². The number of nitrogens with zero attached hydrogens (tertiary/aromatic N) is 1. The third-order valence-electron chi connectivity index (χ3n) is 3.26. The van der Waals surface area contributed by atoms with Crippen molar-refractivity contribution in [2.45, 2.75) is 19.4 Å². The molecule has 0 heterocycles. The molecule has 1 atom stereocenters. The minimum absolute atomic E-state index is 0.0152. The lowest BCUT2D eigenvalue weighted by molar-refractivity contribution is -0.384. The van der Waals surface area contributed by atoms with Gasteiger partial charge in [-0.3, -0.25) is 14.9 Å². The Bertz CT molecular complexity index is 666. The Kier molecular flexibility index (Phi) is 4.85. The summed E-state index contributed by atoms with van der Waals surface area (Å²) in [6, 6.07) is 12.7. The number of nitrogens with two attached hydrogens (primary N) is 1. The SMILES string of the molecule is Cc1ccc(NC(=O)[C@H](N)Cc2ccc([N+](=O)[O-])cc2)cc1. The molecule has 2 aromatic carbocycles. The molecule has 1 amide bonds. The molecule has 0 fully saturated rings. The van der Waals surface area contributed by atoms with Crippen LogP contribution in [0.1, 0.15) is 11.1 Å². The van der Waals surface area contributed by atoms with E-state index in [0.717, 1.165) is 11.1 Å². The maximum Gasteiger partial charge on any atom is 0.269 e. The third kappa shape index (κ3) is 4.13. The number of non-ortho nitro benzene ring substituents is 1. The molecule has 0 unspecified atom stereocenters. The highest BCUT2D eigenvalue weighted by molar-refractivity contribution is 5.94. The van der Waals surface area contributed by atoms with Crippen LogP contribution in [0.15, 0.2) is 48.5 Å². The van der Waals surface area contributed by atoms with E-state index in [1.165, 1.54) is 12.1 Å². The van der Waals surface area contributed by atoms with E-state index in [-0.39, 0.29) is 11.6 Å². The molecule has 2 rings (SSSR count). The molecule has 114 valence electrons. The maximum absolute atomic E-state index is 12.0. The predicted molar refractivity (Wildman–Crippen MR) is 84.6 cm³/mol. The van der Waals surface area contributed by atoms with E-state index in [4.69, 9.17) is 5.73 Å². The first-order chi connectivity index (χ1) is 10.5. The Morgan fingerprint density at radius 2 is 1.77 bits per heavy atom. The van der Waals surface area contributed by atoms with Crippen LogP contribution in [0.2, 0.25) is 0 Å². The van der Waals surface area contributed by atoms with Crippen LogP contribution in [0, 0.1) is 17.0 Å². The molecule has 0 aromatic heterocycles. The van der Waals surface area contributed by atoms with Crippen LogP contribution in [0.25, 0.3) is 0 Å². The van der Waals surface area contributed by atoms with Crippen molar-refractivity contribution in [1.82, 2.24) is 0 Å². The molecular weight excluding hydrogens is 282 g/mol. The number of benzene rings is 2. The summed E-state index contributed by atoms with van der Waals surface area (Å²) >= 11 is 0. The Morgan fingerprint density at radius 3 is 2.32 bits per heavy atom. The molecule has 2 aromatic rings. The van der Waals surface area contributed by atoms with Crippen molar-refractivity contribution < 1.29 is 9.72 Å². The second kappa shape index (κ2) is 6.82. The predicted octanol–water partition coefficient (Wildman–Crippen LogP) is 2.41. The van der Waals surface area contributed by atoms with Gasteiger partial charge in [0.2, 0.25) is 5.91 Å². The van der Waals surface area contributed by atoms with Crippen LogP contribution in [-0.2, 0) is 11.2 Å². The van der Waals surface area contributed by atoms with Gasteiger partial charge in [0.15, 0.2) is 0 Å². The van der Waals surface area contributed by atoms with Gasteiger partial charge in [-0.15, -0.1) is 0 Å². The molecule has 0 aliphatic rings. The topological polar surface area (TPSA) is 98.3 Å². The van der Waals surface area contributed by atoms with E-state index < -0.39 is 11.0 Å². The van der Waals surface area contributed by atoms with Gasteiger partial charge in [0.25, 0.3) is 5.69 Å². The number of hydrogen-bond donors (Lipinski definition) is 2. The number of rotatable bonds is 5. The summed E-state index contributed by atoms with van der Waals surface area (Å²) in [6.07, 6.45) is 0.315. The summed E-state index contributed by atoms with van der Waals surface area (Å²) in [5.41, 5.74) is 8.46. The molecule has 0 aliphatic heterocycles. The first kappa shape index (κ1) is 15.7. The monoisotopic (exact) mass is 299 g/mol. The Hall–Kier alpha value is -2.73. The summed E-state index contributed by atoms with van der Waals surface area (Å²) in [7, 11) is 0. The van der Waals surface area contributed by atoms with E-state index in [0.29, 0.717) is 12.1 Å². The Labute approximate surface area is 128 Å². The fourth-order valence-corrected chi connectivity index (χ4v) is 1.97. The minimum atomic E-state index is -0.720. The Morgan fingerprint density at radius 1 is 1.18 bits per heavy atom. The zero-order chi connectivity index (χ0) is 16.1. The van der Waals surface area contributed by atoms with Gasteiger partial charge in [-0.25, -0.2) is 0 Å². The van der Waals surface area contributed by atoms with Gasteiger partial charge in [-0.05, 0) is 31.0 Å². The van der Waals surface area contributed by atoms with Crippen LogP contribution >= 0.6 is 0 Å². The number of anilines is 1. The van der Waals surface area contributed by atoms with Crippen molar-refractivity contribution in [3.05, 3.63) is 69.8 Å². The molecule has 6 nitrogen and oxygen atoms in total. The van der Waals surface area contributed by atoms with E-state index in [2.05, 4.69) is 5.32 Å². The number of aryl methyl sites for hydroxylation is 1. The van der Waals surface area contributed by atoms with Gasteiger partial charge in [-0.1, -0.05) is 29.8 Å². The van der Waals surface area contributed by atoms with Crippen molar-refractivity contribution in [3.63, 3.8) is 0 Å². The van der Waals surface area contributed by atoms with Gasteiger partial charge in [0, 0.05) is 17.8 Å². The minimum Gasteiger partial charge on any atom is -0.325 e. The molecule has 6 heteroatoms. The summed E-state index contributed by atoms with van der Waals surface area (Å²) in [5, 5.41) is 13.3. The molecule has 0 radical (unpaired) electrons.